The topological polar surface area (TPSA) is 42.1 Å². The van der Waals surface area contributed by atoms with E-state index in [2.05, 4.69) is 36.7 Å². The average molecular weight is 245 g/mol. The second-order valence-electron chi connectivity index (χ2n) is 7.29. The zero-order chi connectivity index (χ0) is 13.0. The third kappa shape index (κ3) is 1.96. The molecule has 2 fully saturated rings. The molecule has 2 heterocycles. The van der Waals surface area contributed by atoms with Gasteiger partial charge in [0.1, 0.15) is 5.82 Å². The van der Waals surface area contributed by atoms with E-state index in [9.17, 15) is 0 Å². The van der Waals surface area contributed by atoms with Crippen molar-refractivity contribution in [2.45, 2.75) is 46.1 Å². The predicted octanol–water partition coefficient (Wildman–Crippen LogP) is 3.07. The summed E-state index contributed by atoms with van der Waals surface area (Å²) in [4.78, 5) is 6.99. The lowest BCUT2D eigenvalue weighted by molar-refractivity contribution is 0.136. The highest BCUT2D eigenvalue weighted by molar-refractivity contribution is 5.48. The van der Waals surface area contributed by atoms with Crippen LogP contribution >= 0.6 is 0 Å². The summed E-state index contributed by atoms with van der Waals surface area (Å²) in [5.74, 6) is 1.09. The van der Waals surface area contributed by atoms with Crippen LogP contribution in [0.15, 0.2) is 18.3 Å². The summed E-state index contributed by atoms with van der Waals surface area (Å²) < 4.78 is 0. The van der Waals surface area contributed by atoms with E-state index in [1.54, 1.807) is 6.20 Å². The molecule has 0 radical (unpaired) electrons. The zero-order valence-electron chi connectivity index (χ0n) is 11.6. The summed E-state index contributed by atoms with van der Waals surface area (Å²) in [6.45, 7) is 8.37. The van der Waals surface area contributed by atoms with E-state index in [1.165, 1.54) is 19.3 Å². The van der Waals surface area contributed by atoms with Crippen molar-refractivity contribution in [3.05, 3.63) is 18.3 Å². The summed E-state index contributed by atoms with van der Waals surface area (Å²) >= 11 is 0. The quantitative estimate of drug-likeness (QED) is 0.826. The third-order valence-electron chi connectivity index (χ3n) is 4.48. The maximum absolute atomic E-state index is 5.72. The maximum atomic E-state index is 5.72. The van der Waals surface area contributed by atoms with Crippen LogP contribution in [0.3, 0.4) is 0 Å². The first kappa shape index (κ1) is 11.8. The molecule has 3 nitrogen and oxygen atoms in total. The van der Waals surface area contributed by atoms with Crippen LogP contribution in [0.1, 0.15) is 40.0 Å². The van der Waals surface area contributed by atoms with Crippen molar-refractivity contribution in [2.24, 2.45) is 10.8 Å². The first-order valence-electron chi connectivity index (χ1n) is 6.85. The van der Waals surface area contributed by atoms with Gasteiger partial charge < -0.3 is 10.6 Å². The number of hydrogen-bond acceptors (Lipinski definition) is 3. The lowest BCUT2D eigenvalue weighted by atomic mass is 9.65. The van der Waals surface area contributed by atoms with Crippen LogP contribution in [0.4, 0.5) is 11.5 Å². The van der Waals surface area contributed by atoms with Gasteiger partial charge in [0.25, 0.3) is 0 Å². The van der Waals surface area contributed by atoms with Crippen LogP contribution in [0.5, 0.6) is 0 Å². The van der Waals surface area contributed by atoms with Crippen molar-refractivity contribution in [1.29, 1.82) is 0 Å². The average Bonchev–Trinajstić information content (AvgIpc) is 2.49. The van der Waals surface area contributed by atoms with E-state index < -0.39 is 0 Å². The zero-order valence-corrected chi connectivity index (χ0v) is 11.6. The van der Waals surface area contributed by atoms with E-state index in [4.69, 9.17) is 5.73 Å². The maximum Gasteiger partial charge on any atom is 0.128 e. The molecule has 2 N–H and O–H groups in total. The number of aromatic nitrogens is 1. The minimum Gasteiger partial charge on any atom is -0.397 e. The number of nitrogens with two attached hydrogens (primary N) is 1. The molecule has 2 atom stereocenters. The molecule has 2 bridgehead atoms. The van der Waals surface area contributed by atoms with Crippen molar-refractivity contribution in [2.75, 3.05) is 17.2 Å². The molecule has 2 aliphatic rings. The Balaban J connectivity index is 1.90. The van der Waals surface area contributed by atoms with Crippen molar-refractivity contribution in [3.8, 4) is 0 Å². The van der Waals surface area contributed by atoms with Gasteiger partial charge in [0, 0.05) is 12.6 Å². The van der Waals surface area contributed by atoms with E-state index in [0.717, 1.165) is 18.1 Å². The number of hydrogen-bond donors (Lipinski definition) is 1. The van der Waals surface area contributed by atoms with E-state index >= 15 is 0 Å². The van der Waals surface area contributed by atoms with Crippen molar-refractivity contribution >= 4 is 11.5 Å². The summed E-state index contributed by atoms with van der Waals surface area (Å²) in [5.41, 5.74) is 7.38. The smallest absolute Gasteiger partial charge is 0.128 e. The number of fused-ring (bicyclic) bond motifs is 2. The van der Waals surface area contributed by atoms with Crippen LogP contribution in [-0.2, 0) is 0 Å². The molecule has 98 valence electrons. The molecular formula is C15H23N3. The molecule has 0 spiro atoms. The van der Waals surface area contributed by atoms with Crippen LogP contribution in [0.2, 0.25) is 0 Å². The largest absolute Gasteiger partial charge is 0.397 e. The Morgan fingerprint density at radius 2 is 2.06 bits per heavy atom. The van der Waals surface area contributed by atoms with Crippen LogP contribution < -0.4 is 10.6 Å². The minimum absolute atomic E-state index is 0.454. The van der Waals surface area contributed by atoms with Gasteiger partial charge in [-0.05, 0) is 42.2 Å². The number of pyridine rings is 1. The van der Waals surface area contributed by atoms with Gasteiger partial charge in [-0.3, -0.25) is 0 Å². The van der Waals surface area contributed by atoms with E-state index in [0.29, 0.717) is 16.9 Å². The number of rotatable bonds is 1. The molecule has 1 aromatic heterocycles. The highest BCUT2D eigenvalue weighted by Gasteiger charge is 2.49. The first-order chi connectivity index (χ1) is 8.37. The van der Waals surface area contributed by atoms with Crippen molar-refractivity contribution in [1.82, 2.24) is 4.98 Å². The van der Waals surface area contributed by atoms with Gasteiger partial charge in [0.05, 0.1) is 11.9 Å². The first-order valence-corrected chi connectivity index (χ1v) is 6.85. The Bertz CT molecular complexity index is 451. The normalized spacial score (nSPS) is 33.7. The summed E-state index contributed by atoms with van der Waals surface area (Å²) in [6, 6.07) is 4.67. The van der Waals surface area contributed by atoms with Crippen LogP contribution in [0.25, 0.3) is 0 Å². The molecule has 1 aromatic rings. The third-order valence-corrected chi connectivity index (χ3v) is 4.48. The summed E-state index contributed by atoms with van der Waals surface area (Å²) in [5, 5.41) is 0. The summed E-state index contributed by atoms with van der Waals surface area (Å²) in [6.07, 6.45) is 5.67. The van der Waals surface area contributed by atoms with Crippen molar-refractivity contribution in [3.63, 3.8) is 0 Å². The Morgan fingerprint density at radius 3 is 2.72 bits per heavy atom. The van der Waals surface area contributed by atoms with Gasteiger partial charge in [-0.1, -0.05) is 20.8 Å². The number of anilines is 2. The number of nitrogen functional groups attached to an aromatic ring is 1. The fourth-order valence-corrected chi connectivity index (χ4v) is 4.30. The minimum atomic E-state index is 0.454. The molecule has 2 unspecified atom stereocenters. The highest BCUT2D eigenvalue weighted by Crippen LogP contribution is 2.53. The van der Waals surface area contributed by atoms with Crippen LogP contribution in [0, 0.1) is 10.8 Å². The molecule has 1 aliphatic carbocycles. The SMILES string of the molecule is CC1(C)CC2CC(C)(CN2c2ccc(N)cn2)C1. The predicted molar refractivity (Wildman–Crippen MR) is 75.5 cm³/mol. The fourth-order valence-electron chi connectivity index (χ4n) is 4.30. The Labute approximate surface area is 109 Å². The molecule has 3 heteroatoms. The summed E-state index contributed by atoms with van der Waals surface area (Å²) in [7, 11) is 0. The monoisotopic (exact) mass is 245 g/mol. The lowest BCUT2D eigenvalue weighted by Crippen LogP contribution is -2.34. The van der Waals surface area contributed by atoms with Crippen molar-refractivity contribution < 1.29 is 0 Å². The van der Waals surface area contributed by atoms with Gasteiger partial charge in [0.15, 0.2) is 0 Å². The molecule has 18 heavy (non-hydrogen) atoms. The Hall–Kier alpha value is -1.25. The molecule has 1 saturated carbocycles. The molecule has 0 aromatic carbocycles. The van der Waals surface area contributed by atoms with Gasteiger partial charge in [-0.15, -0.1) is 0 Å². The Kier molecular flexibility index (Phi) is 2.38. The van der Waals surface area contributed by atoms with Gasteiger partial charge in [-0.25, -0.2) is 4.98 Å². The molecule has 3 rings (SSSR count). The molecule has 0 amide bonds. The fraction of sp³-hybridized carbons (Fsp3) is 0.667. The van der Waals surface area contributed by atoms with Gasteiger partial charge >= 0.3 is 0 Å². The van der Waals surface area contributed by atoms with Gasteiger partial charge in [-0.2, -0.15) is 0 Å². The second kappa shape index (κ2) is 3.62. The van der Waals surface area contributed by atoms with E-state index in [1.807, 2.05) is 6.07 Å². The lowest BCUT2D eigenvalue weighted by Gasteiger charge is -2.39. The van der Waals surface area contributed by atoms with Gasteiger partial charge in [0.2, 0.25) is 0 Å². The molecular weight excluding hydrogens is 222 g/mol. The molecule has 1 aliphatic heterocycles. The number of nitrogens with zero attached hydrogens (tertiary/aromatic N) is 2. The van der Waals surface area contributed by atoms with E-state index in [-0.39, 0.29) is 0 Å². The highest BCUT2D eigenvalue weighted by atomic mass is 15.2. The van der Waals surface area contributed by atoms with Crippen LogP contribution in [-0.4, -0.2) is 17.6 Å². The molecule has 1 saturated heterocycles. The standard InChI is InChI=1S/C15H23N3/c1-14(2)6-12-7-15(3,9-14)10-18(12)13-5-4-11(16)8-17-13/h4-5,8,12H,6-7,9-10,16H2,1-3H3. The Morgan fingerprint density at radius 1 is 1.28 bits per heavy atom. The second-order valence-corrected chi connectivity index (χ2v) is 7.29.